The molecule has 1 N–H and O–H groups in total. The molecule has 1 heterocycles. The highest BCUT2D eigenvalue weighted by Gasteiger charge is 2.27. The number of likely N-dealkylation sites (N-methyl/N-ethyl adjacent to an activating group) is 1. The van der Waals surface area contributed by atoms with E-state index in [1.807, 2.05) is 55.5 Å². The third kappa shape index (κ3) is 4.63. The van der Waals surface area contributed by atoms with Crippen LogP contribution in [0.4, 0.5) is 0 Å². The van der Waals surface area contributed by atoms with Gasteiger partial charge >= 0.3 is 0 Å². The predicted molar refractivity (Wildman–Crippen MR) is 106 cm³/mol. The molecule has 3 rings (SSSR count). The summed E-state index contributed by atoms with van der Waals surface area (Å²) in [6, 6.07) is 15.0. The highest BCUT2D eigenvalue weighted by molar-refractivity contribution is 5.87. The Labute approximate surface area is 165 Å². The maximum atomic E-state index is 13.1. The lowest BCUT2D eigenvalue weighted by atomic mass is 10.1. The number of fused-ring (bicyclic) bond motifs is 1. The molecule has 6 nitrogen and oxygen atoms in total. The Morgan fingerprint density at radius 1 is 1.07 bits per heavy atom. The molecule has 0 aromatic heterocycles. The van der Waals surface area contributed by atoms with E-state index in [4.69, 9.17) is 9.47 Å². The van der Waals surface area contributed by atoms with Gasteiger partial charge in [0.25, 0.3) is 0 Å². The van der Waals surface area contributed by atoms with E-state index in [1.54, 1.807) is 11.9 Å². The minimum Gasteiger partial charge on any atom is -0.454 e. The number of ether oxygens (including phenoxy) is 2. The minimum atomic E-state index is -0.491. The van der Waals surface area contributed by atoms with E-state index >= 15 is 0 Å². The zero-order chi connectivity index (χ0) is 19.9. The largest absolute Gasteiger partial charge is 0.454 e. The van der Waals surface area contributed by atoms with Crippen LogP contribution in [0.1, 0.15) is 30.9 Å². The quantitative estimate of drug-likeness (QED) is 0.762. The number of rotatable bonds is 8. The van der Waals surface area contributed by atoms with Crippen molar-refractivity contribution in [2.24, 2.45) is 0 Å². The normalized spacial score (nSPS) is 13.1. The van der Waals surface area contributed by atoms with Crippen molar-refractivity contribution in [1.82, 2.24) is 10.2 Å². The maximum absolute atomic E-state index is 13.1. The van der Waals surface area contributed by atoms with Crippen molar-refractivity contribution in [2.75, 3.05) is 13.8 Å². The lowest BCUT2D eigenvalue weighted by Crippen LogP contribution is -2.48. The van der Waals surface area contributed by atoms with Crippen molar-refractivity contribution in [1.29, 1.82) is 0 Å². The maximum Gasteiger partial charge on any atom is 0.242 e. The van der Waals surface area contributed by atoms with Crippen LogP contribution >= 0.6 is 0 Å². The Bertz CT molecular complexity index is 823. The molecule has 148 valence electrons. The first kappa shape index (κ1) is 19.7. The van der Waals surface area contributed by atoms with Crippen molar-refractivity contribution in [3.8, 4) is 11.5 Å². The molecule has 0 radical (unpaired) electrons. The monoisotopic (exact) mass is 382 g/mol. The molecular weight excluding hydrogens is 356 g/mol. The number of carbonyl (C=O) groups is 2. The van der Waals surface area contributed by atoms with Crippen LogP contribution < -0.4 is 14.8 Å². The molecule has 1 atom stereocenters. The van der Waals surface area contributed by atoms with Gasteiger partial charge in [-0.25, -0.2) is 0 Å². The molecule has 6 heteroatoms. The molecule has 2 aromatic rings. The molecule has 1 aliphatic heterocycles. The molecule has 1 unspecified atom stereocenters. The lowest BCUT2D eigenvalue weighted by molar-refractivity contribution is -0.141. The number of amides is 2. The van der Waals surface area contributed by atoms with Crippen LogP contribution in [0.25, 0.3) is 0 Å². The highest BCUT2D eigenvalue weighted by Crippen LogP contribution is 2.32. The summed E-state index contributed by atoms with van der Waals surface area (Å²) in [4.78, 5) is 27.1. The van der Waals surface area contributed by atoms with Gasteiger partial charge in [-0.1, -0.05) is 43.3 Å². The summed E-state index contributed by atoms with van der Waals surface area (Å²) < 4.78 is 10.7. The number of hydrogen-bond acceptors (Lipinski definition) is 4. The van der Waals surface area contributed by atoms with Gasteiger partial charge in [0.2, 0.25) is 18.6 Å². The van der Waals surface area contributed by atoms with Gasteiger partial charge < -0.3 is 19.7 Å². The van der Waals surface area contributed by atoms with Crippen molar-refractivity contribution in [3.05, 3.63) is 59.7 Å². The van der Waals surface area contributed by atoms with Gasteiger partial charge in [0.05, 0.1) is 0 Å². The number of nitrogens with zero attached hydrogens (tertiary/aromatic N) is 1. The molecule has 2 amide bonds. The van der Waals surface area contributed by atoms with Gasteiger partial charge in [-0.2, -0.15) is 0 Å². The average Bonchev–Trinajstić information content (AvgIpc) is 3.20. The standard InChI is InChI=1S/C22H26N2O4/c1-3-18(22(26)23-2)24(14-17-7-5-4-6-8-17)21(25)12-10-16-9-11-19-20(13-16)28-15-27-19/h4-9,11,13,18H,3,10,12,14-15H2,1-2H3,(H,23,26). The molecule has 2 aromatic carbocycles. The number of carbonyl (C=O) groups excluding carboxylic acids is 2. The second kappa shape index (κ2) is 9.26. The summed E-state index contributed by atoms with van der Waals surface area (Å²) in [6.45, 7) is 2.56. The van der Waals surface area contributed by atoms with Crippen LogP contribution in [0, 0.1) is 0 Å². The predicted octanol–water partition coefficient (Wildman–Crippen LogP) is 2.90. The molecule has 28 heavy (non-hydrogen) atoms. The zero-order valence-corrected chi connectivity index (χ0v) is 16.3. The van der Waals surface area contributed by atoms with Crippen molar-refractivity contribution in [3.63, 3.8) is 0 Å². The lowest BCUT2D eigenvalue weighted by Gasteiger charge is -2.30. The molecule has 0 saturated carbocycles. The van der Waals surface area contributed by atoms with Gasteiger partial charge in [-0.15, -0.1) is 0 Å². The van der Waals surface area contributed by atoms with Crippen LogP contribution in [0.15, 0.2) is 48.5 Å². The van der Waals surface area contributed by atoms with E-state index in [2.05, 4.69) is 5.32 Å². The summed E-state index contributed by atoms with van der Waals surface area (Å²) >= 11 is 0. The Morgan fingerprint density at radius 3 is 2.54 bits per heavy atom. The van der Waals surface area contributed by atoms with Crippen molar-refractivity contribution < 1.29 is 19.1 Å². The topological polar surface area (TPSA) is 67.9 Å². The van der Waals surface area contributed by atoms with Crippen LogP contribution in [-0.4, -0.2) is 36.6 Å². The molecular formula is C22H26N2O4. The van der Waals surface area contributed by atoms with Gasteiger partial charge in [0, 0.05) is 20.0 Å². The van der Waals surface area contributed by atoms with Crippen LogP contribution in [0.3, 0.4) is 0 Å². The summed E-state index contributed by atoms with van der Waals surface area (Å²) in [7, 11) is 1.60. The number of nitrogens with one attached hydrogen (secondary N) is 1. The van der Waals surface area contributed by atoms with Crippen molar-refractivity contribution in [2.45, 2.75) is 38.8 Å². The van der Waals surface area contributed by atoms with Gasteiger partial charge in [-0.05, 0) is 36.1 Å². The van der Waals surface area contributed by atoms with Crippen LogP contribution in [-0.2, 0) is 22.6 Å². The van der Waals surface area contributed by atoms with E-state index < -0.39 is 6.04 Å². The summed E-state index contributed by atoms with van der Waals surface area (Å²) in [5.74, 6) is 1.25. The highest BCUT2D eigenvalue weighted by atomic mass is 16.7. The fourth-order valence-electron chi connectivity index (χ4n) is 3.36. The van der Waals surface area contributed by atoms with E-state index in [0.717, 1.165) is 16.9 Å². The Morgan fingerprint density at radius 2 is 1.82 bits per heavy atom. The van der Waals surface area contributed by atoms with Crippen molar-refractivity contribution >= 4 is 11.8 Å². The van der Waals surface area contributed by atoms with E-state index in [0.29, 0.717) is 31.6 Å². The van der Waals surface area contributed by atoms with E-state index in [9.17, 15) is 9.59 Å². The second-order valence-corrected chi connectivity index (χ2v) is 6.73. The molecule has 0 aliphatic carbocycles. The average molecular weight is 382 g/mol. The van der Waals surface area contributed by atoms with Crippen LogP contribution in [0.2, 0.25) is 0 Å². The zero-order valence-electron chi connectivity index (χ0n) is 16.3. The number of benzene rings is 2. The first-order valence-electron chi connectivity index (χ1n) is 9.56. The first-order chi connectivity index (χ1) is 13.6. The first-order valence-corrected chi connectivity index (χ1v) is 9.56. The molecule has 0 spiro atoms. The summed E-state index contributed by atoms with van der Waals surface area (Å²) in [5.41, 5.74) is 2.01. The summed E-state index contributed by atoms with van der Waals surface area (Å²) in [6.07, 6.45) is 1.45. The molecule has 0 saturated heterocycles. The third-order valence-corrected chi connectivity index (χ3v) is 4.89. The Hall–Kier alpha value is -3.02. The second-order valence-electron chi connectivity index (χ2n) is 6.73. The SMILES string of the molecule is CCC(C(=O)NC)N(Cc1ccccc1)C(=O)CCc1ccc2c(c1)OCO2. The smallest absolute Gasteiger partial charge is 0.242 e. The molecule has 1 aliphatic rings. The van der Waals surface area contributed by atoms with E-state index in [1.165, 1.54) is 0 Å². The van der Waals surface area contributed by atoms with Gasteiger partial charge in [-0.3, -0.25) is 9.59 Å². The number of hydrogen-bond donors (Lipinski definition) is 1. The molecule has 0 fully saturated rings. The van der Waals surface area contributed by atoms with Gasteiger partial charge in [0.1, 0.15) is 6.04 Å². The Balaban J connectivity index is 1.72. The fraction of sp³-hybridized carbons (Fsp3) is 0.364. The minimum absolute atomic E-state index is 0.0445. The fourth-order valence-corrected chi connectivity index (χ4v) is 3.36. The third-order valence-electron chi connectivity index (χ3n) is 4.89. The van der Waals surface area contributed by atoms with Gasteiger partial charge in [0.15, 0.2) is 11.5 Å². The van der Waals surface area contributed by atoms with Crippen LogP contribution in [0.5, 0.6) is 11.5 Å². The summed E-state index contributed by atoms with van der Waals surface area (Å²) in [5, 5.41) is 2.68. The number of aryl methyl sites for hydroxylation is 1. The van der Waals surface area contributed by atoms with E-state index in [-0.39, 0.29) is 18.6 Å². The Kier molecular flexibility index (Phi) is 6.53. The molecule has 0 bridgehead atoms.